The van der Waals surface area contributed by atoms with Crippen molar-refractivity contribution in [2.24, 2.45) is 0 Å². The number of hydrogen-bond donors (Lipinski definition) is 1. The van der Waals surface area contributed by atoms with Crippen molar-refractivity contribution in [1.82, 2.24) is 5.32 Å². The van der Waals surface area contributed by atoms with Crippen molar-refractivity contribution in [3.05, 3.63) is 29.3 Å². The van der Waals surface area contributed by atoms with Crippen molar-refractivity contribution in [1.29, 1.82) is 0 Å². The number of rotatable bonds is 3. The summed E-state index contributed by atoms with van der Waals surface area (Å²) in [7, 11) is 1.11. The summed E-state index contributed by atoms with van der Waals surface area (Å²) in [4.78, 5) is 0.991. The SMILES string of the molecule is CNC1CCCCC1S(=O)c1ccc(C)c(C)c1. The summed E-state index contributed by atoms with van der Waals surface area (Å²) in [5.74, 6) is 0. The first-order valence-corrected chi connectivity index (χ1v) is 8.00. The summed E-state index contributed by atoms with van der Waals surface area (Å²) >= 11 is 0. The van der Waals surface area contributed by atoms with Crippen molar-refractivity contribution in [2.75, 3.05) is 7.05 Å². The lowest BCUT2D eigenvalue weighted by Crippen LogP contribution is -2.42. The third kappa shape index (κ3) is 2.83. The number of nitrogens with one attached hydrogen (secondary N) is 1. The fourth-order valence-electron chi connectivity index (χ4n) is 2.70. The fourth-order valence-corrected chi connectivity index (χ4v) is 4.49. The predicted octanol–water partition coefficient (Wildman–Crippen LogP) is 2.94. The summed E-state index contributed by atoms with van der Waals surface area (Å²) in [6.45, 7) is 4.19. The lowest BCUT2D eigenvalue weighted by Gasteiger charge is -2.30. The highest BCUT2D eigenvalue weighted by Crippen LogP contribution is 2.27. The van der Waals surface area contributed by atoms with Gasteiger partial charge in [0.05, 0.1) is 16.0 Å². The van der Waals surface area contributed by atoms with Crippen LogP contribution >= 0.6 is 0 Å². The van der Waals surface area contributed by atoms with Crippen LogP contribution in [0, 0.1) is 13.8 Å². The van der Waals surface area contributed by atoms with E-state index in [0.717, 1.165) is 17.7 Å². The van der Waals surface area contributed by atoms with Crippen LogP contribution in [0.15, 0.2) is 23.1 Å². The van der Waals surface area contributed by atoms with Gasteiger partial charge >= 0.3 is 0 Å². The largest absolute Gasteiger partial charge is 0.316 e. The molecule has 3 heteroatoms. The molecule has 18 heavy (non-hydrogen) atoms. The minimum absolute atomic E-state index is 0.269. The Morgan fingerprint density at radius 3 is 2.56 bits per heavy atom. The van der Waals surface area contributed by atoms with E-state index in [-0.39, 0.29) is 5.25 Å². The van der Waals surface area contributed by atoms with Crippen LogP contribution in [0.4, 0.5) is 0 Å². The Morgan fingerprint density at radius 1 is 1.17 bits per heavy atom. The van der Waals surface area contributed by atoms with Gasteiger partial charge in [0.15, 0.2) is 0 Å². The second kappa shape index (κ2) is 5.98. The van der Waals surface area contributed by atoms with Crippen molar-refractivity contribution in [3.63, 3.8) is 0 Å². The van der Waals surface area contributed by atoms with Gasteiger partial charge in [0.1, 0.15) is 0 Å². The third-order valence-corrected chi connectivity index (χ3v) is 5.89. The lowest BCUT2D eigenvalue weighted by molar-refractivity contribution is 0.399. The van der Waals surface area contributed by atoms with Gasteiger partial charge in [-0.1, -0.05) is 18.9 Å². The Hall–Kier alpha value is -0.670. The van der Waals surface area contributed by atoms with Crippen molar-refractivity contribution < 1.29 is 4.21 Å². The molecule has 1 aromatic rings. The van der Waals surface area contributed by atoms with Gasteiger partial charge in [-0.3, -0.25) is 4.21 Å². The van der Waals surface area contributed by atoms with Gasteiger partial charge in [0, 0.05) is 10.9 Å². The van der Waals surface area contributed by atoms with Gasteiger partial charge in [-0.2, -0.15) is 0 Å². The van der Waals surface area contributed by atoms with E-state index in [1.165, 1.54) is 24.0 Å². The normalized spacial score (nSPS) is 25.9. The molecule has 2 nitrogen and oxygen atoms in total. The van der Waals surface area contributed by atoms with E-state index in [4.69, 9.17) is 0 Å². The first kappa shape index (κ1) is 13.8. The quantitative estimate of drug-likeness (QED) is 0.910. The molecule has 0 radical (unpaired) electrons. The van der Waals surface area contributed by atoms with Gasteiger partial charge in [0.2, 0.25) is 0 Å². The van der Waals surface area contributed by atoms with Crippen LogP contribution in [0.3, 0.4) is 0 Å². The van der Waals surface area contributed by atoms with Crippen LogP contribution in [0.25, 0.3) is 0 Å². The Balaban J connectivity index is 2.21. The van der Waals surface area contributed by atoms with Crippen molar-refractivity contribution >= 4 is 10.8 Å². The molecule has 3 atom stereocenters. The van der Waals surface area contributed by atoms with Crippen LogP contribution in [0.5, 0.6) is 0 Å². The van der Waals surface area contributed by atoms with Gasteiger partial charge in [-0.15, -0.1) is 0 Å². The second-order valence-corrected chi connectivity index (χ2v) is 6.93. The molecule has 0 heterocycles. The van der Waals surface area contributed by atoms with E-state index in [9.17, 15) is 4.21 Å². The summed E-state index contributed by atoms with van der Waals surface area (Å²) in [5.41, 5.74) is 2.50. The fraction of sp³-hybridized carbons (Fsp3) is 0.600. The Morgan fingerprint density at radius 2 is 1.89 bits per heavy atom. The number of benzene rings is 1. The first-order chi connectivity index (χ1) is 8.63. The minimum Gasteiger partial charge on any atom is -0.316 e. The molecule has 0 saturated heterocycles. The Kier molecular flexibility index (Phi) is 4.57. The highest BCUT2D eigenvalue weighted by Gasteiger charge is 2.29. The van der Waals surface area contributed by atoms with E-state index in [0.29, 0.717) is 6.04 Å². The van der Waals surface area contributed by atoms with Gasteiger partial charge < -0.3 is 5.32 Å². The van der Waals surface area contributed by atoms with E-state index < -0.39 is 10.8 Å². The topological polar surface area (TPSA) is 29.1 Å². The van der Waals surface area contributed by atoms with Gasteiger partial charge in [0.25, 0.3) is 0 Å². The molecule has 1 aliphatic rings. The van der Waals surface area contributed by atoms with Gasteiger partial charge in [-0.05, 0) is 57.0 Å². The molecule has 0 amide bonds. The molecule has 3 unspecified atom stereocenters. The summed E-state index contributed by atoms with van der Waals surface area (Å²) in [5, 5.41) is 3.61. The highest BCUT2D eigenvalue weighted by molar-refractivity contribution is 7.85. The molecular formula is C15H23NOS. The maximum Gasteiger partial charge on any atom is 0.0576 e. The van der Waals surface area contributed by atoms with E-state index >= 15 is 0 Å². The molecule has 1 saturated carbocycles. The molecule has 0 bridgehead atoms. The Labute approximate surface area is 113 Å². The molecule has 1 aliphatic carbocycles. The third-order valence-electron chi connectivity index (χ3n) is 4.06. The molecule has 0 aliphatic heterocycles. The highest BCUT2D eigenvalue weighted by atomic mass is 32.2. The van der Waals surface area contributed by atoms with Crippen molar-refractivity contribution in [3.8, 4) is 0 Å². The molecule has 2 rings (SSSR count). The maximum atomic E-state index is 12.7. The molecule has 1 N–H and O–H groups in total. The zero-order chi connectivity index (χ0) is 13.1. The van der Waals surface area contributed by atoms with E-state index in [2.05, 4.69) is 31.3 Å². The number of hydrogen-bond acceptors (Lipinski definition) is 2. The second-order valence-electron chi connectivity index (χ2n) is 5.26. The predicted molar refractivity (Wildman–Crippen MR) is 77.4 cm³/mol. The number of aryl methyl sites for hydroxylation is 2. The van der Waals surface area contributed by atoms with Crippen LogP contribution in [0.2, 0.25) is 0 Å². The Bertz CT molecular complexity index is 444. The minimum atomic E-state index is -0.881. The first-order valence-electron chi connectivity index (χ1n) is 6.78. The van der Waals surface area contributed by atoms with Crippen LogP contribution in [-0.4, -0.2) is 22.5 Å². The summed E-state index contributed by atoms with van der Waals surface area (Å²) in [6.07, 6.45) is 4.69. The molecule has 1 fully saturated rings. The van der Waals surface area contributed by atoms with E-state index in [1.54, 1.807) is 0 Å². The summed E-state index contributed by atoms with van der Waals surface area (Å²) in [6, 6.07) is 6.60. The zero-order valence-corrected chi connectivity index (χ0v) is 12.3. The molecule has 1 aromatic carbocycles. The zero-order valence-electron chi connectivity index (χ0n) is 11.5. The molecule has 0 spiro atoms. The summed E-state index contributed by atoms with van der Waals surface area (Å²) < 4.78 is 12.7. The van der Waals surface area contributed by atoms with Crippen LogP contribution in [-0.2, 0) is 10.8 Å². The van der Waals surface area contributed by atoms with E-state index in [1.807, 2.05) is 13.1 Å². The lowest BCUT2D eigenvalue weighted by atomic mass is 9.95. The van der Waals surface area contributed by atoms with Gasteiger partial charge in [-0.25, -0.2) is 0 Å². The maximum absolute atomic E-state index is 12.7. The monoisotopic (exact) mass is 265 g/mol. The van der Waals surface area contributed by atoms with Crippen molar-refractivity contribution in [2.45, 2.75) is 55.7 Å². The molecular weight excluding hydrogens is 242 g/mol. The average Bonchev–Trinajstić information content (AvgIpc) is 2.41. The standard InChI is InChI=1S/C15H23NOS/c1-11-8-9-13(10-12(11)2)18(17)15-7-5-4-6-14(15)16-3/h8-10,14-16H,4-7H2,1-3H3. The average molecular weight is 265 g/mol. The molecule has 0 aromatic heterocycles. The smallest absolute Gasteiger partial charge is 0.0576 e. The van der Waals surface area contributed by atoms with Crippen LogP contribution in [0.1, 0.15) is 36.8 Å². The molecule has 100 valence electrons. The van der Waals surface area contributed by atoms with Crippen LogP contribution < -0.4 is 5.32 Å².